The van der Waals surface area contributed by atoms with Gasteiger partial charge in [-0.1, -0.05) is 13.8 Å². The van der Waals surface area contributed by atoms with E-state index in [0.717, 1.165) is 50.1 Å². The summed E-state index contributed by atoms with van der Waals surface area (Å²) in [7, 11) is 0. The molecule has 2 saturated heterocycles. The summed E-state index contributed by atoms with van der Waals surface area (Å²) in [5, 5.41) is 0. The van der Waals surface area contributed by atoms with E-state index >= 15 is 0 Å². The zero-order chi connectivity index (χ0) is 18.8. The van der Waals surface area contributed by atoms with Gasteiger partial charge in [0, 0.05) is 57.3 Å². The molecule has 156 valence electrons. The van der Waals surface area contributed by atoms with Crippen LogP contribution in [0.15, 0.2) is 0 Å². The molecule has 2 N–H and O–H groups in total. The largest absolute Gasteiger partial charge is 0.300 e. The molecule has 2 aliphatic carbocycles. The van der Waals surface area contributed by atoms with Crippen LogP contribution in [0.3, 0.4) is 0 Å². The number of hydrogen-bond acceptors (Lipinski definition) is 4. The second-order valence-electron chi connectivity index (χ2n) is 10.1. The molecule has 0 aromatic rings. The number of nitrogens with one attached hydrogen (secondary N) is 2. The van der Waals surface area contributed by atoms with Crippen molar-refractivity contribution in [2.24, 2.45) is 23.7 Å². The predicted octanol–water partition coefficient (Wildman–Crippen LogP) is 3.05. The van der Waals surface area contributed by atoms with Gasteiger partial charge < -0.3 is 4.90 Å². The van der Waals surface area contributed by atoms with Crippen molar-refractivity contribution in [3.8, 4) is 0 Å². The zero-order valence-electron chi connectivity index (χ0n) is 17.5. The van der Waals surface area contributed by atoms with Gasteiger partial charge in [-0.3, -0.25) is 15.8 Å². The van der Waals surface area contributed by atoms with E-state index in [1.807, 2.05) is 0 Å². The molecule has 4 aliphatic rings. The fourth-order valence-electron chi connectivity index (χ4n) is 6.47. The molecule has 4 fully saturated rings. The first-order valence-electron chi connectivity index (χ1n) is 11.7. The van der Waals surface area contributed by atoms with E-state index in [2.05, 4.69) is 34.5 Å². The van der Waals surface area contributed by atoms with Crippen LogP contribution in [0, 0.1) is 23.7 Å². The normalized spacial score (nSPS) is 45.2. The first kappa shape index (κ1) is 20.1. The molecule has 0 aromatic carbocycles. The molecule has 2 heterocycles. The lowest BCUT2D eigenvalue weighted by atomic mass is 9.78. The molecule has 5 atom stereocenters. The van der Waals surface area contributed by atoms with E-state index in [1.54, 1.807) is 0 Å². The molecular weight excluding hydrogens is 339 g/mol. The van der Waals surface area contributed by atoms with Gasteiger partial charge in [-0.25, -0.2) is 4.39 Å². The van der Waals surface area contributed by atoms with Crippen molar-refractivity contribution >= 4 is 0 Å². The SMILES string of the molecule is CC1CCC(N2CCN(CC3CNNC3C3CCC(F)CC3)CC2)C(C)C1. The molecule has 5 heteroatoms. The fourth-order valence-corrected chi connectivity index (χ4v) is 6.47. The Bertz CT molecular complexity index is 459. The van der Waals surface area contributed by atoms with Crippen LogP contribution < -0.4 is 10.9 Å². The van der Waals surface area contributed by atoms with Crippen molar-refractivity contribution in [1.29, 1.82) is 0 Å². The van der Waals surface area contributed by atoms with E-state index in [0.29, 0.717) is 17.9 Å². The third-order valence-corrected chi connectivity index (χ3v) is 8.10. The number of hydrogen-bond donors (Lipinski definition) is 2. The quantitative estimate of drug-likeness (QED) is 0.785. The van der Waals surface area contributed by atoms with E-state index < -0.39 is 6.17 Å². The van der Waals surface area contributed by atoms with Gasteiger partial charge in [0.25, 0.3) is 0 Å². The van der Waals surface area contributed by atoms with Gasteiger partial charge in [0.1, 0.15) is 6.17 Å². The Morgan fingerprint density at radius 2 is 1.67 bits per heavy atom. The van der Waals surface area contributed by atoms with Crippen molar-refractivity contribution in [3.05, 3.63) is 0 Å². The van der Waals surface area contributed by atoms with Crippen LogP contribution in [0.4, 0.5) is 4.39 Å². The number of rotatable bonds is 4. The second kappa shape index (κ2) is 9.06. The predicted molar refractivity (Wildman–Crippen MR) is 109 cm³/mol. The Labute approximate surface area is 165 Å². The molecule has 0 radical (unpaired) electrons. The van der Waals surface area contributed by atoms with Gasteiger partial charge in [-0.15, -0.1) is 0 Å². The number of halogens is 1. The minimum atomic E-state index is -0.549. The Morgan fingerprint density at radius 3 is 2.37 bits per heavy atom. The van der Waals surface area contributed by atoms with Gasteiger partial charge in [0.05, 0.1) is 0 Å². The summed E-state index contributed by atoms with van der Waals surface area (Å²) in [6.07, 6.45) is 7.33. The van der Waals surface area contributed by atoms with Crippen LogP contribution in [-0.4, -0.2) is 67.3 Å². The maximum Gasteiger partial charge on any atom is 0.100 e. The summed E-state index contributed by atoms with van der Waals surface area (Å²) in [5.74, 6) is 3.11. The first-order valence-corrected chi connectivity index (χ1v) is 11.7. The minimum absolute atomic E-state index is 0.537. The maximum atomic E-state index is 13.5. The van der Waals surface area contributed by atoms with Crippen molar-refractivity contribution in [1.82, 2.24) is 20.7 Å². The maximum absolute atomic E-state index is 13.5. The summed E-state index contributed by atoms with van der Waals surface area (Å²) < 4.78 is 13.5. The lowest BCUT2D eigenvalue weighted by Gasteiger charge is -2.45. The average molecular weight is 381 g/mol. The van der Waals surface area contributed by atoms with Crippen LogP contribution in [0.1, 0.15) is 58.8 Å². The van der Waals surface area contributed by atoms with Gasteiger partial charge in [-0.2, -0.15) is 0 Å². The molecule has 0 spiro atoms. The van der Waals surface area contributed by atoms with Gasteiger partial charge in [-0.05, 0) is 62.7 Å². The molecule has 0 aromatic heterocycles. The molecular formula is C22H41FN4. The molecule has 27 heavy (non-hydrogen) atoms. The highest BCUT2D eigenvalue weighted by molar-refractivity contribution is 4.93. The summed E-state index contributed by atoms with van der Waals surface area (Å²) in [6.45, 7) is 12.1. The molecule has 4 rings (SSSR count). The number of hydrazine groups is 1. The molecule has 0 bridgehead atoms. The third kappa shape index (κ3) is 4.85. The van der Waals surface area contributed by atoms with Crippen LogP contribution in [0.2, 0.25) is 0 Å². The van der Waals surface area contributed by atoms with E-state index in [-0.39, 0.29) is 0 Å². The van der Waals surface area contributed by atoms with Gasteiger partial charge >= 0.3 is 0 Å². The van der Waals surface area contributed by atoms with Crippen LogP contribution in [0.5, 0.6) is 0 Å². The van der Waals surface area contributed by atoms with E-state index in [4.69, 9.17) is 0 Å². The fraction of sp³-hybridized carbons (Fsp3) is 1.00. The van der Waals surface area contributed by atoms with Crippen LogP contribution >= 0.6 is 0 Å². The Hall–Kier alpha value is -0.230. The highest BCUT2D eigenvalue weighted by Gasteiger charge is 2.37. The van der Waals surface area contributed by atoms with Crippen LogP contribution in [-0.2, 0) is 0 Å². The second-order valence-corrected chi connectivity index (χ2v) is 10.1. The Balaban J connectivity index is 1.24. The lowest BCUT2D eigenvalue weighted by Crippen LogP contribution is -2.54. The van der Waals surface area contributed by atoms with Crippen molar-refractivity contribution in [2.75, 3.05) is 39.3 Å². The Kier molecular flexibility index (Phi) is 6.73. The van der Waals surface area contributed by atoms with Crippen molar-refractivity contribution < 1.29 is 4.39 Å². The van der Waals surface area contributed by atoms with Crippen molar-refractivity contribution in [2.45, 2.75) is 77.0 Å². The third-order valence-electron chi connectivity index (χ3n) is 8.10. The molecule has 5 unspecified atom stereocenters. The van der Waals surface area contributed by atoms with Gasteiger partial charge in [0.15, 0.2) is 0 Å². The number of nitrogens with zero attached hydrogens (tertiary/aromatic N) is 2. The summed E-state index contributed by atoms with van der Waals surface area (Å²) in [4.78, 5) is 5.48. The molecule has 2 saturated carbocycles. The number of piperazine rings is 1. The standard InChI is InChI=1S/C22H41FN4/c1-16-3-8-21(17(2)13-16)27-11-9-26(10-12-27)15-19-14-24-25-22(19)18-4-6-20(23)7-5-18/h16-22,24-25H,3-15H2,1-2H3. The molecule has 4 nitrogen and oxygen atoms in total. The summed E-state index contributed by atoms with van der Waals surface area (Å²) >= 11 is 0. The topological polar surface area (TPSA) is 30.5 Å². The van der Waals surface area contributed by atoms with E-state index in [9.17, 15) is 4.39 Å². The highest BCUT2D eigenvalue weighted by atomic mass is 19.1. The zero-order valence-corrected chi connectivity index (χ0v) is 17.5. The highest BCUT2D eigenvalue weighted by Crippen LogP contribution is 2.34. The monoisotopic (exact) mass is 380 g/mol. The smallest absolute Gasteiger partial charge is 0.100 e. The summed E-state index contributed by atoms with van der Waals surface area (Å²) in [5.41, 5.74) is 6.95. The van der Waals surface area contributed by atoms with E-state index in [1.165, 1.54) is 52.0 Å². The van der Waals surface area contributed by atoms with Gasteiger partial charge in [0.2, 0.25) is 0 Å². The Morgan fingerprint density at radius 1 is 0.926 bits per heavy atom. The van der Waals surface area contributed by atoms with Crippen molar-refractivity contribution in [3.63, 3.8) is 0 Å². The lowest BCUT2D eigenvalue weighted by molar-refractivity contribution is 0.0377. The number of alkyl halides is 1. The van der Waals surface area contributed by atoms with Crippen LogP contribution in [0.25, 0.3) is 0 Å². The average Bonchev–Trinajstić information content (AvgIpc) is 3.11. The molecule has 0 amide bonds. The minimum Gasteiger partial charge on any atom is -0.300 e. The molecule has 2 aliphatic heterocycles. The first-order chi connectivity index (χ1) is 13.1. The summed E-state index contributed by atoms with van der Waals surface area (Å²) in [6, 6.07) is 1.36.